The van der Waals surface area contributed by atoms with Gasteiger partial charge in [-0.05, 0) is 23.2 Å². The van der Waals surface area contributed by atoms with Crippen molar-refractivity contribution in [1.82, 2.24) is 0 Å². The molecule has 1 rings (SSSR count). The van der Waals surface area contributed by atoms with Gasteiger partial charge in [-0.2, -0.15) is 0 Å². The maximum atomic E-state index is 13.0. The van der Waals surface area contributed by atoms with Crippen molar-refractivity contribution in [2.75, 3.05) is 7.11 Å². The third-order valence-electron chi connectivity index (χ3n) is 1.36. The van der Waals surface area contributed by atoms with Crippen LogP contribution in [-0.2, 0) is 11.1 Å². The van der Waals surface area contributed by atoms with Crippen LogP contribution in [0.3, 0.4) is 0 Å². The maximum Gasteiger partial charge on any atom is 1.00 e. The van der Waals surface area contributed by atoms with Crippen LogP contribution in [-0.4, -0.2) is 15.9 Å². The van der Waals surface area contributed by atoms with Crippen molar-refractivity contribution in [2.45, 2.75) is 4.90 Å². The first-order valence-corrected chi connectivity index (χ1v) is 5.05. The Labute approximate surface area is 114 Å². The molecule has 0 aromatic heterocycles. The molecule has 7 heteroatoms. The number of hydrogen-bond donors (Lipinski definition) is 0. The zero-order chi connectivity index (χ0) is 10.0. The monoisotopic (exact) mass is 290 g/mol. The zero-order valence-corrected chi connectivity index (χ0v) is 11.9. The normalized spacial score (nSPS) is 11.7. The SMILES string of the molecule is COc1c(F)cc(Br)cc1S(=O)[O-].[Na+]. The summed E-state index contributed by atoms with van der Waals surface area (Å²) in [6.07, 6.45) is 0. The first-order chi connectivity index (χ1) is 6.06. The predicted octanol–water partition coefficient (Wildman–Crippen LogP) is -1.16. The number of hydrogen-bond acceptors (Lipinski definition) is 3. The van der Waals surface area contributed by atoms with Crippen molar-refractivity contribution < 1.29 is 47.4 Å². The molecule has 0 amide bonds. The van der Waals surface area contributed by atoms with Gasteiger partial charge in [0.15, 0.2) is 11.6 Å². The number of rotatable bonds is 2. The summed E-state index contributed by atoms with van der Waals surface area (Å²) in [5.41, 5.74) is 0. The summed E-state index contributed by atoms with van der Waals surface area (Å²) < 4.78 is 39.2. The van der Waals surface area contributed by atoms with Crippen LogP contribution in [0, 0.1) is 5.82 Å². The summed E-state index contributed by atoms with van der Waals surface area (Å²) >= 11 is 0.470. The van der Waals surface area contributed by atoms with E-state index < -0.39 is 16.9 Å². The van der Waals surface area contributed by atoms with Crippen LogP contribution in [0.2, 0.25) is 0 Å². The van der Waals surface area contributed by atoms with E-state index in [0.29, 0.717) is 4.47 Å². The van der Waals surface area contributed by atoms with E-state index in [1.165, 1.54) is 13.2 Å². The van der Waals surface area contributed by atoms with Crippen molar-refractivity contribution in [3.05, 3.63) is 22.4 Å². The average molecular weight is 291 g/mol. The molecule has 3 nitrogen and oxygen atoms in total. The molecule has 0 spiro atoms. The Morgan fingerprint density at radius 1 is 1.57 bits per heavy atom. The minimum atomic E-state index is -2.51. The van der Waals surface area contributed by atoms with Gasteiger partial charge in [-0.25, -0.2) is 4.39 Å². The summed E-state index contributed by atoms with van der Waals surface area (Å²) in [4.78, 5) is -0.200. The molecule has 0 aliphatic rings. The fraction of sp³-hybridized carbons (Fsp3) is 0.143. The van der Waals surface area contributed by atoms with Crippen LogP contribution < -0.4 is 34.3 Å². The van der Waals surface area contributed by atoms with Crippen molar-refractivity contribution >= 4 is 27.0 Å². The van der Waals surface area contributed by atoms with E-state index >= 15 is 0 Å². The molecule has 14 heavy (non-hydrogen) atoms. The number of halogens is 2. The average Bonchev–Trinajstić information content (AvgIpc) is 2.02. The van der Waals surface area contributed by atoms with Crippen LogP contribution >= 0.6 is 15.9 Å². The minimum Gasteiger partial charge on any atom is -0.768 e. The molecule has 1 atom stereocenters. The van der Waals surface area contributed by atoms with Gasteiger partial charge in [0.1, 0.15) is 0 Å². The fourth-order valence-corrected chi connectivity index (χ4v) is 2.00. The van der Waals surface area contributed by atoms with Gasteiger partial charge in [0.05, 0.1) is 12.0 Å². The minimum absolute atomic E-state index is 0. The Morgan fingerprint density at radius 2 is 2.14 bits per heavy atom. The van der Waals surface area contributed by atoms with E-state index in [-0.39, 0.29) is 40.2 Å². The molecule has 0 saturated carbocycles. The molecule has 1 aromatic rings. The fourth-order valence-electron chi connectivity index (χ4n) is 0.859. The van der Waals surface area contributed by atoms with Gasteiger partial charge in [0.25, 0.3) is 0 Å². The molecule has 0 bridgehead atoms. The third-order valence-corrected chi connectivity index (χ3v) is 2.48. The third kappa shape index (κ3) is 3.29. The predicted molar refractivity (Wildman–Crippen MR) is 47.8 cm³/mol. The molecular weight excluding hydrogens is 286 g/mol. The summed E-state index contributed by atoms with van der Waals surface area (Å²) in [7, 11) is 1.21. The molecule has 0 radical (unpaired) electrons. The van der Waals surface area contributed by atoms with Gasteiger partial charge in [0.2, 0.25) is 0 Å². The zero-order valence-electron chi connectivity index (χ0n) is 7.54. The maximum absolute atomic E-state index is 13.0. The summed E-state index contributed by atoms with van der Waals surface area (Å²) in [6, 6.07) is 2.40. The van der Waals surface area contributed by atoms with Gasteiger partial charge in [-0.3, -0.25) is 4.21 Å². The molecule has 1 aromatic carbocycles. The van der Waals surface area contributed by atoms with Crippen molar-refractivity contribution in [3.8, 4) is 5.75 Å². The topological polar surface area (TPSA) is 49.4 Å². The molecule has 0 fully saturated rings. The Morgan fingerprint density at radius 3 is 2.57 bits per heavy atom. The Bertz CT molecular complexity index is 361. The van der Waals surface area contributed by atoms with E-state index in [0.717, 1.165) is 6.07 Å². The van der Waals surface area contributed by atoms with Crippen LogP contribution in [0.1, 0.15) is 0 Å². The van der Waals surface area contributed by atoms with Crippen molar-refractivity contribution in [3.63, 3.8) is 0 Å². The first kappa shape index (κ1) is 14.5. The van der Waals surface area contributed by atoms with Crippen molar-refractivity contribution in [2.24, 2.45) is 0 Å². The van der Waals surface area contributed by atoms with E-state index in [4.69, 9.17) is 0 Å². The summed E-state index contributed by atoms with van der Waals surface area (Å²) in [5, 5.41) is 0. The number of methoxy groups -OCH3 is 1. The molecule has 72 valence electrons. The van der Waals surface area contributed by atoms with Crippen LogP contribution in [0.15, 0.2) is 21.5 Å². The van der Waals surface area contributed by atoms with Gasteiger partial charge in [-0.1, -0.05) is 15.9 Å². The van der Waals surface area contributed by atoms with E-state index in [1.807, 2.05) is 0 Å². The molecule has 0 saturated heterocycles. The largest absolute Gasteiger partial charge is 1.00 e. The van der Waals surface area contributed by atoms with Crippen molar-refractivity contribution in [1.29, 1.82) is 0 Å². The quantitative estimate of drug-likeness (QED) is 0.510. The van der Waals surface area contributed by atoms with Gasteiger partial charge in [0, 0.05) is 4.47 Å². The van der Waals surface area contributed by atoms with Gasteiger partial charge >= 0.3 is 29.6 Å². The van der Waals surface area contributed by atoms with Gasteiger partial charge < -0.3 is 9.29 Å². The molecule has 0 aliphatic heterocycles. The van der Waals surface area contributed by atoms with Crippen LogP contribution in [0.5, 0.6) is 5.75 Å². The Balaban J connectivity index is 0.00000169. The smallest absolute Gasteiger partial charge is 0.768 e. The first-order valence-electron chi connectivity index (χ1n) is 3.18. The number of ether oxygens (including phenoxy) is 1. The van der Waals surface area contributed by atoms with Crippen LogP contribution in [0.4, 0.5) is 4.39 Å². The second-order valence-corrected chi connectivity index (χ2v) is 3.98. The van der Waals surface area contributed by atoms with E-state index in [1.54, 1.807) is 0 Å². The summed E-state index contributed by atoms with van der Waals surface area (Å²) in [5.74, 6) is -0.979. The Kier molecular flexibility index (Phi) is 6.43. The van der Waals surface area contributed by atoms with E-state index in [2.05, 4.69) is 20.7 Å². The Hall–Kier alpha value is 0.540. The second-order valence-electron chi connectivity index (χ2n) is 2.15. The standard InChI is InChI=1S/C7H6BrFO3S.Na/c1-12-7-5(9)2-4(8)3-6(7)13(10)11;/h2-3H,1H3,(H,10,11);/q;+1/p-1. The number of benzene rings is 1. The second kappa shape index (κ2) is 6.19. The molecule has 1 unspecified atom stereocenters. The molecule has 0 N–H and O–H groups in total. The molecule has 0 aliphatic carbocycles. The van der Waals surface area contributed by atoms with E-state index in [9.17, 15) is 13.2 Å². The molecule has 0 heterocycles. The summed E-state index contributed by atoms with van der Waals surface area (Å²) in [6.45, 7) is 0. The van der Waals surface area contributed by atoms with Crippen LogP contribution in [0.25, 0.3) is 0 Å². The van der Waals surface area contributed by atoms with Gasteiger partial charge in [-0.15, -0.1) is 0 Å². The molecular formula is C7H5BrFNaO3S.